The molecule has 0 unspecified atom stereocenters. The Bertz CT molecular complexity index is 1850. The van der Waals surface area contributed by atoms with Gasteiger partial charge in [-0.2, -0.15) is 0 Å². The first kappa shape index (κ1) is 34.9. The lowest BCUT2D eigenvalue weighted by atomic mass is 9.85. The van der Waals surface area contributed by atoms with Crippen LogP contribution in [0.1, 0.15) is 125 Å². The Kier molecular flexibility index (Phi) is 11.1. The van der Waals surface area contributed by atoms with Crippen molar-refractivity contribution in [1.82, 2.24) is 0 Å². The van der Waals surface area contributed by atoms with E-state index in [0.29, 0.717) is 11.8 Å². The number of rotatable bonds is 14. The van der Waals surface area contributed by atoms with Gasteiger partial charge in [0.15, 0.2) is 0 Å². The Morgan fingerprint density at radius 1 is 0.431 bits per heavy atom. The summed E-state index contributed by atoms with van der Waals surface area (Å²) >= 11 is 0. The molecule has 1 aliphatic heterocycles. The predicted octanol–water partition coefficient (Wildman–Crippen LogP) is 14.2. The van der Waals surface area contributed by atoms with Gasteiger partial charge in [0.2, 0.25) is 6.67 Å². The highest BCUT2D eigenvalue weighted by Gasteiger charge is 2.45. The van der Waals surface area contributed by atoms with E-state index < -0.39 is 0 Å². The number of anilines is 2. The summed E-state index contributed by atoms with van der Waals surface area (Å²) < 4.78 is 0. The Morgan fingerprint density at radius 3 is 1.14 bits per heavy atom. The Hall–Kier alpha value is -4.56. The Labute approximate surface area is 307 Å². The zero-order valence-corrected chi connectivity index (χ0v) is 31.1. The largest absolute Gasteiger partial charge is 0.331 e. The highest BCUT2D eigenvalue weighted by molar-refractivity contribution is 6.00. The fourth-order valence-corrected chi connectivity index (χ4v) is 8.98. The number of fused-ring (bicyclic) bond motifs is 2. The standard InChI is InChI=1S/C49H54N2/c1-5-19-36(20-6-2)42-31-15-27-38-29-17-33-44(46(38)42)50-35-51(49(41-25-13-10-14-26-41)48(50)40-23-11-9-12-24-40)45-34-18-30-39-28-16-32-43(47(39)45)37(21-7-3)22-8-4/h9-18,23-34,36-37,48-49H,5-8,19-22H2,1-4H3/t48-,49-/m0/s1. The molecule has 6 aromatic rings. The molecule has 0 spiro atoms. The van der Waals surface area contributed by atoms with Gasteiger partial charge in [0.05, 0.1) is 12.1 Å². The van der Waals surface area contributed by atoms with E-state index in [2.05, 4.69) is 178 Å². The van der Waals surface area contributed by atoms with Crippen molar-refractivity contribution in [2.75, 3.05) is 9.80 Å². The molecule has 2 radical (unpaired) electrons. The van der Waals surface area contributed by atoms with Crippen LogP contribution in [0.25, 0.3) is 21.5 Å². The Morgan fingerprint density at radius 2 is 0.784 bits per heavy atom. The topological polar surface area (TPSA) is 6.48 Å². The van der Waals surface area contributed by atoms with Crippen LogP contribution < -0.4 is 9.80 Å². The summed E-state index contributed by atoms with van der Waals surface area (Å²) in [6.07, 6.45) is 9.53. The first-order chi connectivity index (χ1) is 25.2. The molecule has 1 heterocycles. The molecule has 0 aliphatic carbocycles. The van der Waals surface area contributed by atoms with Crippen LogP contribution in [0.4, 0.5) is 11.4 Å². The molecule has 0 bridgehead atoms. The van der Waals surface area contributed by atoms with Crippen molar-refractivity contribution in [3.63, 3.8) is 0 Å². The summed E-state index contributed by atoms with van der Waals surface area (Å²) in [5.74, 6) is 1.05. The van der Waals surface area contributed by atoms with Crippen molar-refractivity contribution in [3.05, 3.63) is 162 Å². The average Bonchev–Trinajstić information content (AvgIpc) is 3.58. The van der Waals surface area contributed by atoms with Crippen molar-refractivity contribution in [2.24, 2.45) is 0 Å². The predicted molar refractivity (Wildman–Crippen MR) is 220 cm³/mol. The van der Waals surface area contributed by atoms with E-state index >= 15 is 0 Å². The van der Waals surface area contributed by atoms with E-state index in [9.17, 15) is 0 Å². The van der Waals surface area contributed by atoms with Crippen molar-refractivity contribution in [2.45, 2.75) is 103 Å². The molecule has 2 atom stereocenters. The molecule has 7 rings (SSSR count). The zero-order valence-electron chi connectivity index (χ0n) is 31.1. The van der Waals surface area contributed by atoms with Gasteiger partial charge < -0.3 is 9.80 Å². The fourth-order valence-electron chi connectivity index (χ4n) is 8.98. The maximum atomic E-state index is 4.13. The summed E-state index contributed by atoms with van der Waals surface area (Å²) in [5.41, 5.74) is 8.03. The minimum absolute atomic E-state index is 0.00700. The van der Waals surface area contributed by atoms with Crippen LogP contribution in [-0.2, 0) is 0 Å². The lowest BCUT2D eigenvalue weighted by Gasteiger charge is -2.32. The second-order valence-electron chi connectivity index (χ2n) is 14.5. The first-order valence-corrected chi connectivity index (χ1v) is 19.7. The molecule has 0 N–H and O–H groups in total. The van der Waals surface area contributed by atoms with Crippen molar-refractivity contribution < 1.29 is 0 Å². The third-order valence-electron chi connectivity index (χ3n) is 11.1. The fraction of sp³-hybridized carbons (Fsp3) is 0.327. The van der Waals surface area contributed by atoms with Gasteiger partial charge in [-0.15, -0.1) is 0 Å². The van der Waals surface area contributed by atoms with E-state index in [1.807, 2.05) is 0 Å². The molecule has 0 aromatic heterocycles. The first-order valence-electron chi connectivity index (χ1n) is 19.7. The van der Waals surface area contributed by atoms with Gasteiger partial charge in [-0.3, -0.25) is 0 Å². The van der Waals surface area contributed by atoms with E-state index in [4.69, 9.17) is 0 Å². The van der Waals surface area contributed by atoms with Crippen LogP contribution in [0, 0.1) is 6.67 Å². The summed E-state index contributed by atoms with van der Waals surface area (Å²) in [7, 11) is 0. The molecule has 1 aliphatic rings. The summed E-state index contributed by atoms with van der Waals surface area (Å²) in [6, 6.07) is 50.1. The number of hydrogen-bond acceptors (Lipinski definition) is 2. The molecule has 0 saturated carbocycles. The highest BCUT2D eigenvalue weighted by atomic mass is 15.4. The second-order valence-corrected chi connectivity index (χ2v) is 14.5. The van der Waals surface area contributed by atoms with E-state index in [0.717, 1.165) is 0 Å². The third kappa shape index (κ3) is 6.90. The van der Waals surface area contributed by atoms with Gasteiger partial charge in [-0.25, -0.2) is 0 Å². The van der Waals surface area contributed by atoms with Crippen molar-refractivity contribution in [3.8, 4) is 0 Å². The maximum absolute atomic E-state index is 4.13. The summed E-state index contributed by atoms with van der Waals surface area (Å²) in [5, 5.41) is 5.36. The Balaban J connectivity index is 1.50. The molecule has 6 aromatic carbocycles. The smallest absolute Gasteiger partial charge is 0.210 e. The zero-order chi connectivity index (χ0) is 35.2. The van der Waals surface area contributed by atoms with Crippen LogP contribution in [0.3, 0.4) is 0 Å². The molecular weight excluding hydrogens is 617 g/mol. The van der Waals surface area contributed by atoms with Gasteiger partial charge in [0, 0.05) is 22.1 Å². The molecule has 51 heavy (non-hydrogen) atoms. The minimum Gasteiger partial charge on any atom is -0.331 e. The van der Waals surface area contributed by atoms with Gasteiger partial charge in [0.25, 0.3) is 0 Å². The lowest BCUT2D eigenvalue weighted by molar-refractivity contribution is 0.563. The number of hydrogen-bond donors (Lipinski definition) is 0. The monoisotopic (exact) mass is 670 g/mol. The van der Waals surface area contributed by atoms with Crippen LogP contribution >= 0.6 is 0 Å². The summed E-state index contributed by atoms with van der Waals surface area (Å²) in [4.78, 5) is 5.01. The number of benzene rings is 6. The van der Waals surface area contributed by atoms with Gasteiger partial charge in [-0.1, -0.05) is 175 Å². The molecular formula is C49H54N2. The van der Waals surface area contributed by atoms with Gasteiger partial charge in [0.1, 0.15) is 0 Å². The third-order valence-corrected chi connectivity index (χ3v) is 11.1. The second kappa shape index (κ2) is 16.2. The minimum atomic E-state index is 0.00700. The van der Waals surface area contributed by atoms with E-state index in [1.54, 1.807) is 0 Å². The van der Waals surface area contributed by atoms with Gasteiger partial charge >= 0.3 is 0 Å². The number of nitrogens with zero attached hydrogens (tertiary/aromatic N) is 2. The van der Waals surface area contributed by atoms with E-state index in [1.165, 1.54) is 107 Å². The van der Waals surface area contributed by atoms with Crippen LogP contribution in [-0.4, -0.2) is 0 Å². The SMILES string of the molecule is CCCC(CCC)c1cccc2cccc(N3[C]N(c4cccc5cccc(C(CCC)CCC)c45)[C@@H](c4ccccc4)[C@@H]3c3ccccc3)c12. The van der Waals surface area contributed by atoms with E-state index in [-0.39, 0.29) is 12.1 Å². The molecule has 2 nitrogen and oxygen atoms in total. The highest BCUT2D eigenvalue weighted by Crippen LogP contribution is 2.53. The molecule has 0 amide bonds. The van der Waals surface area contributed by atoms with Crippen molar-refractivity contribution in [1.29, 1.82) is 0 Å². The van der Waals surface area contributed by atoms with Gasteiger partial charge in [-0.05, 0) is 82.7 Å². The van der Waals surface area contributed by atoms with Crippen molar-refractivity contribution >= 4 is 32.9 Å². The van der Waals surface area contributed by atoms with Crippen LogP contribution in [0.5, 0.6) is 0 Å². The lowest BCUT2D eigenvalue weighted by Crippen LogP contribution is -2.24. The maximum Gasteiger partial charge on any atom is 0.210 e. The quantitative estimate of drug-likeness (QED) is 0.114. The molecule has 1 saturated heterocycles. The molecule has 1 fully saturated rings. The molecule has 260 valence electrons. The average molecular weight is 671 g/mol. The normalized spacial score (nSPS) is 16.3. The van der Waals surface area contributed by atoms with Crippen LogP contribution in [0.15, 0.2) is 133 Å². The summed E-state index contributed by atoms with van der Waals surface area (Å²) in [6.45, 7) is 13.4. The van der Waals surface area contributed by atoms with Crippen LogP contribution in [0.2, 0.25) is 0 Å². The molecule has 2 heteroatoms.